The minimum Gasteiger partial charge on any atom is -0.494 e. The van der Waals surface area contributed by atoms with Gasteiger partial charge in [0, 0.05) is 11.8 Å². The molecule has 0 aromatic heterocycles. The molecule has 0 heterocycles. The van der Waals surface area contributed by atoms with Gasteiger partial charge in [-0.2, -0.15) is 0 Å². The van der Waals surface area contributed by atoms with E-state index >= 15 is 0 Å². The van der Waals surface area contributed by atoms with Crippen LogP contribution in [0.3, 0.4) is 0 Å². The molecule has 38 heavy (non-hydrogen) atoms. The van der Waals surface area contributed by atoms with Crippen LogP contribution in [0.15, 0.2) is 131 Å². The van der Waals surface area contributed by atoms with Gasteiger partial charge in [0.05, 0.1) is 5.76 Å². The number of hydrogen-bond donors (Lipinski definition) is 0. The van der Waals surface area contributed by atoms with Crippen molar-refractivity contribution in [3.63, 3.8) is 0 Å². The molecular weight excluding hydrogens is 464 g/mol. The van der Waals surface area contributed by atoms with E-state index in [1.165, 1.54) is 22.3 Å². The first kappa shape index (κ1) is 34.7. The van der Waals surface area contributed by atoms with E-state index in [1.54, 1.807) is 6.08 Å². The Kier molecular flexibility index (Phi) is 17.3. The van der Waals surface area contributed by atoms with Crippen molar-refractivity contribution in [2.45, 2.75) is 82.1 Å². The van der Waals surface area contributed by atoms with Crippen molar-refractivity contribution in [3.05, 3.63) is 131 Å². The third-order valence-corrected chi connectivity index (χ3v) is 6.26. The molecule has 0 fully saturated rings. The van der Waals surface area contributed by atoms with Gasteiger partial charge in [-0.3, -0.25) is 0 Å². The monoisotopic (exact) mass is 516 g/mol. The van der Waals surface area contributed by atoms with Crippen molar-refractivity contribution >= 4 is 0 Å². The quantitative estimate of drug-likeness (QED) is 0.190. The molecule has 2 heteroatoms. The summed E-state index contributed by atoms with van der Waals surface area (Å²) in [5, 5.41) is 0. The molecule has 0 aromatic rings. The van der Waals surface area contributed by atoms with Gasteiger partial charge >= 0.3 is 0 Å². The molecule has 0 radical (unpaired) electrons. The first-order valence-electron chi connectivity index (χ1n) is 13.7. The van der Waals surface area contributed by atoms with E-state index in [4.69, 9.17) is 9.47 Å². The molecule has 0 unspecified atom stereocenters. The van der Waals surface area contributed by atoms with Crippen LogP contribution in [-0.2, 0) is 9.47 Å². The van der Waals surface area contributed by atoms with Crippen molar-refractivity contribution < 1.29 is 9.47 Å². The SMILES string of the molecule is C=C/C(=C\C=C(/C)C(C)(C)C1=C(C)/C=C(/OC/C=C\C(C)=C/C)CC/C=C\1)OC(/C=C\C(=C)C)=C/C.CC. The second-order valence-corrected chi connectivity index (χ2v) is 9.62. The number of rotatable bonds is 12. The van der Waals surface area contributed by atoms with E-state index < -0.39 is 0 Å². The normalized spacial score (nSPS) is 20.2. The van der Waals surface area contributed by atoms with E-state index in [9.17, 15) is 0 Å². The van der Waals surface area contributed by atoms with Crippen molar-refractivity contribution in [1.82, 2.24) is 0 Å². The molecule has 208 valence electrons. The zero-order chi connectivity index (χ0) is 29.1. The Bertz CT molecular complexity index is 1060. The van der Waals surface area contributed by atoms with Gasteiger partial charge in [-0.05, 0) is 95.6 Å². The highest BCUT2D eigenvalue weighted by Crippen LogP contribution is 2.39. The van der Waals surface area contributed by atoms with Crippen LogP contribution in [0.2, 0.25) is 0 Å². The van der Waals surface area contributed by atoms with E-state index in [0.29, 0.717) is 12.4 Å². The Morgan fingerprint density at radius 2 is 1.68 bits per heavy atom. The highest BCUT2D eigenvalue weighted by atomic mass is 16.5. The molecule has 2 nitrogen and oxygen atoms in total. The lowest BCUT2D eigenvalue weighted by Gasteiger charge is -2.30. The average molecular weight is 517 g/mol. The molecule has 0 saturated carbocycles. The van der Waals surface area contributed by atoms with Crippen LogP contribution in [0.1, 0.15) is 82.1 Å². The molecule has 0 amide bonds. The Morgan fingerprint density at radius 3 is 2.26 bits per heavy atom. The second kappa shape index (κ2) is 18.9. The van der Waals surface area contributed by atoms with Crippen molar-refractivity contribution in [1.29, 1.82) is 0 Å². The Balaban J connectivity index is 0.00000667. The highest BCUT2D eigenvalue weighted by Gasteiger charge is 2.25. The van der Waals surface area contributed by atoms with Gasteiger partial charge < -0.3 is 9.47 Å². The second-order valence-electron chi connectivity index (χ2n) is 9.62. The summed E-state index contributed by atoms with van der Waals surface area (Å²) in [6.45, 7) is 29.3. The summed E-state index contributed by atoms with van der Waals surface area (Å²) >= 11 is 0. The predicted octanol–water partition coefficient (Wildman–Crippen LogP) is 11.2. The summed E-state index contributed by atoms with van der Waals surface area (Å²) in [7, 11) is 0. The van der Waals surface area contributed by atoms with E-state index in [1.807, 2.05) is 58.9 Å². The maximum atomic E-state index is 6.09. The molecule has 0 aliphatic heterocycles. The molecule has 0 N–H and O–H groups in total. The maximum Gasteiger partial charge on any atom is 0.126 e. The Morgan fingerprint density at radius 1 is 1.00 bits per heavy atom. The third-order valence-electron chi connectivity index (χ3n) is 6.26. The number of hydrogen-bond acceptors (Lipinski definition) is 2. The van der Waals surface area contributed by atoms with Crippen LogP contribution in [0.5, 0.6) is 0 Å². The average Bonchev–Trinajstić information content (AvgIpc) is 2.89. The molecule has 1 aliphatic rings. The lowest BCUT2D eigenvalue weighted by Crippen LogP contribution is -2.17. The number of allylic oxidation sites excluding steroid dienone is 17. The van der Waals surface area contributed by atoms with Crippen molar-refractivity contribution in [2.24, 2.45) is 5.41 Å². The summed E-state index contributed by atoms with van der Waals surface area (Å²) in [6.07, 6.45) is 26.4. The van der Waals surface area contributed by atoms with E-state index in [0.717, 1.165) is 29.9 Å². The molecule has 0 saturated heterocycles. The standard InChI is InChI=1S/C34H46O2.C2H6/c1-11-27(6)17-16-24-35-32-18-14-15-19-33(28(7)25-32)34(9,10)29(8)21-23-31(13-3)36-30(12-2)22-20-26(4)5;1-2/h11-13,15-17,19-23,25H,3-4,14,18,24H2,1-2,5-10H3;1-2H3/b17-16-,19-15-,22-20-,27-11-,29-21+,30-12+,31-23+,32-25+,33-28+;. The van der Waals surface area contributed by atoms with Crippen LogP contribution < -0.4 is 0 Å². The Labute approximate surface area is 234 Å². The van der Waals surface area contributed by atoms with E-state index in [2.05, 4.69) is 90.3 Å². The summed E-state index contributed by atoms with van der Waals surface area (Å²) < 4.78 is 12.1. The first-order valence-corrected chi connectivity index (χ1v) is 13.7. The third kappa shape index (κ3) is 12.8. The van der Waals surface area contributed by atoms with Gasteiger partial charge in [-0.25, -0.2) is 0 Å². The van der Waals surface area contributed by atoms with Crippen LogP contribution >= 0.6 is 0 Å². The molecule has 1 rings (SSSR count). The molecule has 1 aliphatic carbocycles. The van der Waals surface area contributed by atoms with Gasteiger partial charge in [0.25, 0.3) is 0 Å². The lowest BCUT2D eigenvalue weighted by molar-refractivity contribution is 0.236. The van der Waals surface area contributed by atoms with Crippen molar-refractivity contribution in [2.75, 3.05) is 6.61 Å². The molecule has 0 spiro atoms. The fourth-order valence-corrected chi connectivity index (χ4v) is 3.57. The van der Waals surface area contributed by atoms with E-state index in [-0.39, 0.29) is 5.41 Å². The zero-order valence-electron chi connectivity index (χ0n) is 25.8. The molecule has 0 aromatic carbocycles. The van der Waals surface area contributed by atoms with Crippen LogP contribution in [0.4, 0.5) is 0 Å². The van der Waals surface area contributed by atoms with Crippen LogP contribution in [0.25, 0.3) is 0 Å². The van der Waals surface area contributed by atoms with Crippen LogP contribution in [0, 0.1) is 5.41 Å². The molecule has 0 atom stereocenters. The van der Waals surface area contributed by atoms with Crippen LogP contribution in [-0.4, -0.2) is 6.61 Å². The largest absolute Gasteiger partial charge is 0.494 e. The molecular formula is C36H52O2. The summed E-state index contributed by atoms with van der Waals surface area (Å²) in [5.41, 5.74) is 5.76. The fourth-order valence-electron chi connectivity index (χ4n) is 3.57. The predicted molar refractivity (Wildman–Crippen MR) is 170 cm³/mol. The molecule has 0 bridgehead atoms. The first-order chi connectivity index (χ1) is 18.0. The Hall–Kier alpha value is -3.26. The zero-order valence-corrected chi connectivity index (χ0v) is 25.8. The van der Waals surface area contributed by atoms with Gasteiger partial charge in [-0.1, -0.05) is 94.0 Å². The number of ether oxygens (including phenoxy) is 2. The summed E-state index contributed by atoms with van der Waals surface area (Å²) in [5.74, 6) is 2.48. The maximum absolute atomic E-state index is 6.09. The van der Waals surface area contributed by atoms with Gasteiger partial charge in [0.2, 0.25) is 0 Å². The lowest BCUT2D eigenvalue weighted by atomic mass is 9.75. The van der Waals surface area contributed by atoms with Crippen molar-refractivity contribution in [3.8, 4) is 0 Å². The summed E-state index contributed by atoms with van der Waals surface area (Å²) in [6, 6.07) is 0. The summed E-state index contributed by atoms with van der Waals surface area (Å²) in [4.78, 5) is 0. The minimum atomic E-state index is -0.172. The fraction of sp³-hybridized carbons (Fsp3) is 0.389. The highest BCUT2D eigenvalue weighted by molar-refractivity contribution is 5.43. The van der Waals surface area contributed by atoms with Gasteiger partial charge in [-0.15, -0.1) is 0 Å². The van der Waals surface area contributed by atoms with Gasteiger partial charge in [0.1, 0.15) is 18.1 Å². The minimum absolute atomic E-state index is 0.172. The smallest absolute Gasteiger partial charge is 0.126 e. The topological polar surface area (TPSA) is 18.5 Å². The van der Waals surface area contributed by atoms with Gasteiger partial charge in [0.15, 0.2) is 0 Å².